The van der Waals surface area contributed by atoms with Gasteiger partial charge in [-0.25, -0.2) is 0 Å². The number of piperazine rings is 1. The van der Waals surface area contributed by atoms with E-state index in [1.807, 2.05) is 48.7 Å². The van der Waals surface area contributed by atoms with Crippen LogP contribution in [0.25, 0.3) is 0 Å². The minimum absolute atomic E-state index is 0.873. The van der Waals surface area contributed by atoms with Crippen molar-refractivity contribution in [1.82, 2.24) is 14.8 Å². The van der Waals surface area contributed by atoms with Gasteiger partial charge in [0.15, 0.2) is 0 Å². The van der Waals surface area contributed by atoms with Gasteiger partial charge in [-0.2, -0.15) is 0 Å². The molecule has 4 rings (SSSR count). The van der Waals surface area contributed by atoms with Gasteiger partial charge in [-0.05, 0) is 42.0 Å². The van der Waals surface area contributed by atoms with Gasteiger partial charge < -0.3 is 4.74 Å². The Balaban J connectivity index is 1.29. The van der Waals surface area contributed by atoms with E-state index >= 15 is 0 Å². The Kier molecular flexibility index (Phi) is 5.77. The molecule has 0 amide bonds. The maximum Gasteiger partial charge on any atom is 0.127 e. The Bertz CT molecular complexity index is 831. The molecule has 0 unspecified atom stereocenters. The van der Waals surface area contributed by atoms with Crippen LogP contribution in [-0.2, 0) is 13.1 Å². The third kappa shape index (κ3) is 5.16. The number of para-hydroxylation sites is 1. The molecule has 0 atom stereocenters. The van der Waals surface area contributed by atoms with E-state index in [1.54, 1.807) is 0 Å². The number of rotatable bonds is 6. The molecule has 1 aliphatic rings. The zero-order valence-electron chi connectivity index (χ0n) is 15.5. The van der Waals surface area contributed by atoms with Gasteiger partial charge in [0.1, 0.15) is 11.5 Å². The fourth-order valence-electron chi connectivity index (χ4n) is 3.42. The Morgan fingerprint density at radius 3 is 2.15 bits per heavy atom. The molecule has 1 aliphatic heterocycles. The van der Waals surface area contributed by atoms with Gasteiger partial charge in [0.05, 0.1) is 5.69 Å². The summed E-state index contributed by atoms with van der Waals surface area (Å²) < 4.78 is 5.96. The van der Waals surface area contributed by atoms with Gasteiger partial charge in [-0.1, -0.05) is 36.4 Å². The molecule has 0 radical (unpaired) electrons. The topological polar surface area (TPSA) is 28.6 Å². The highest BCUT2D eigenvalue weighted by atomic mass is 16.5. The van der Waals surface area contributed by atoms with Crippen molar-refractivity contribution in [2.75, 3.05) is 26.2 Å². The molecular weight excluding hydrogens is 334 g/mol. The van der Waals surface area contributed by atoms with Gasteiger partial charge in [-0.3, -0.25) is 14.8 Å². The summed E-state index contributed by atoms with van der Waals surface area (Å²) in [5, 5.41) is 0. The average molecular weight is 359 g/mol. The van der Waals surface area contributed by atoms with Crippen LogP contribution in [0.4, 0.5) is 0 Å². The first-order valence-corrected chi connectivity index (χ1v) is 9.52. The number of aromatic nitrogens is 1. The van der Waals surface area contributed by atoms with E-state index in [-0.39, 0.29) is 0 Å². The highest BCUT2D eigenvalue weighted by molar-refractivity contribution is 5.33. The predicted molar refractivity (Wildman–Crippen MR) is 108 cm³/mol. The Hall–Kier alpha value is -2.69. The molecule has 3 aromatic rings. The molecule has 1 aromatic heterocycles. The highest BCUT2D eigenvalue weighted by Gasteiger charge is 2.17. The van der Waals surface area contributed by atoms with Crippen LogP contribution in [0.2, 0.25) is 0 Å². The maximum absolute atomic E-state index is 5.96. The normalized spacial score (nSPS) is 15.6. The largest absolute Gasteiger partial charge is 0.457 e. The standard InChI is InChI=1S/C23H25N3O/c1-2-9-22(10-3-1)27-23-11-6-7-20(17-23)18-25-13-15-26(16-14-25)19-21-8-4-5-12-24-21/h1-12,17H,13-16,18-19H2. The lowest BCUT2D eigenvalue weighted by Gasteiger charge is -2.34. The van der Waals surface area contributed by atoms with E-state index in [2.05, 4.69) is 45.1 Å². The second kappa shape index (κ2) is 8.80. The highest BCUT2D eigenvalue weighted by Crippen LogP contribution is 2.22. The predicted octanol–water partition coefficient (Wildman–Crippen LogP) is 4.19. The molecule has 0 aliphatic carbocycles. The minimum Gasteiger partial charge on any atom is -0.457 e. The van der Waals surface area contributed by atoms with Gasteiger partial charge >= 0.3 is 0 Å². The monoisotopic (exact) mass is 359 g/mol. The Morgan fingerprint density at radius 1 is 0.704 bits per heavy atom. The van der Waals surface area contributed by atoms with E-state index < -0.39 is 0 Å². The van der Waals surface area contributed by atoms with Gasteiger partial charge in [0.2, 0.25) is 0 Å². The van der Waals surface area contributed by atoms with Crippen LogP contribution >= 0.6 is 0 Å². The maximum atomic E-state index is 5.96. The lowest BCUT2D eigenvalue weighted by atomic mass is 10.2. The molecule has 1 saturated heterocycles. The van der Waals surface area contributed by atoms with Crippen molar-refractivity contribution in [3.8, 4) is 11.5 Å². The van der Waals surface area contributed by atoms with Crippen molar-refractivity contribution in [2.45, 2.75) is 13.1 Å². The first-order chi connectivity index (χ1) is 13.3. The van der Waals surface area contributed by atoms with Crippen molar-refractivity contribution in [3.05, 3.63) is 90.3 Å². The number of hydrogen-bond donors (Lipinski definition) is 0. The first kappa shape index (κ1) is 17.7. The van der Waals surface area contributed by atoms with Crippen molar-refractivity contribution in [2.24, 2.45) is 0 Å². The lowest BCUT2D eigenvalue weighted by molar-refractivity contribution is 0.121. The smallest absolute Gasteiger partial charge is 0.127 e. The summed E-state index contributed by atoms with van der Waals surface area (Å²) >= 11 is 0. The summed E-state index contributed by atoms with van der Waals surface area (Å²) in [6, 6.07) is 24.5. The Morgan fingerprint density at radius 2 is 1.41 bits per heavy atom. The van der Waals surface area contributed by atoms with Gasteiger partial charge in [0, 0.05) is 45.5 Å². The summed E-state index contributed by atoms with van der Waals surface area (Å²) in [5.41, 5.74) is 2.44. The molecule has 0 bridgehead atoms. The fraction of sp³-hybridized carbons (Fsp3) is 0.261. The number of nitrogens with zero attached hydrogens (tertiary/aromatic N) is 3. The average Bonchev–Trinajstić information content (AvgIpc) is 2.71. The van der Waals surface area contributed by atoms with E-state index in [1.165, 1.54) is 5.56 Å². The number of pyridine rings is 1. The van der Waals surface area contributed by atoms with Crippen LogP contribution in [0.1, 0.15) is 11.3 Å². The summed E-state index contributed by atoms with van der Waals surface area (Å²) in [7, 11) is 0. The summed E-state index contributed by atoms with van der Waals surface area (Å²) in [5.74, 6) is 1.77. The number of hydrogen-bond acceptors (Lipinski definition) is 4. The quantitative estimate of drug-likeness (QED) is 0.660. The zero-order chi connectivity index (χ0) is 18.3. The first-order valence-electron chi connectivity index (χ1n) is 9.52. The second-order valence-electron chi connectivity index (χ2n) is 6.94. The van der Waals surface area contributed by atoms with Crippen molar-refractivity contribution in [1.29, 1.82) is 0 Å². The van der Waals surface area contributed by atoms with E-state index in [9.17, 15) is 0 Å². The minimum atomic E-state index is 0.873. The van der Waals surface area contributed by atoms with Gasteiger partial charge in [0.25, 0.3) is 0 Å². The summed E-state index contributed by atoms with van der Waals surface area (Å²) in [6.07, 6.45) is 1.87. The van der Waals surface area contributed by atoms with E-state index in [4.69, 9.17) is 4.74 Å². The third-order valence-electron chi connectivity index (χ3n) is 4.86. The molecule has 138 valence electrons. The van der Waals surface area contributed by atoms with Crippen molar-refractivity contribution in [3.63, 3.8) is 0 Å². The molecule has 4 nitrogen and oxygen atoms in total. The van der Waals surface area contributed by atoms with Crippen molar-refractivity contribution < 1.29 is 4.74 Å². The summed E-state index contributed by atoms with van der Waals surface area (Å²) in [6.45, 7) is 6.22. The zero-order valence-corrected chi connectivity index (χ0v) is 15.5. The van der Waals surface area contributed by atoms with Crippen molar-refractivity contribution >= 4 is 0 Å². The molecule has 27 heavy (non-hydrogen) atoms. The van der Waals surface area contributed by atoms with Gasteiger partial charge in [-0.15, -0.1) is 0 Å². The third-order valence-corrected chi connectivity index (χ3v) is 4.86. The molecular formula is C23H25N3O. The SMILES string of the molecule is c1ccc(Oc2cccc(CN3CCN(Cc4ccccn4)CC3)c2)cc1. The Labute approximate surface area is 161 Å². The van der Waals surface area contributed by atoms with Crippen LogP contribution in [0.3, 0.4) is 0 Å². The van der Waals surface area contributed by atoms with Crippen LogP contribution in [0.15, 0.2) is 79.0 Å². The molecule has 0 saturated carbocycles. The fourth-order valence-corrected chi connectivity index (χ4v) is 3.42. The van der Waals surface area contributed by atoms with Crippen LogP contribution < -0.4 is 4.74 Å². The molecule has 0 N–H and O–H groups in total. The van der Waals surface area contributed by atoms with Crippen LogP contribution in [0.5, 0.6) is 11.5 Å². The number of ether oxygens (including phenoxy) is 1. The van der Waals surface area contributed by atoms with E-state index in [0.717, 1.165) is 56.5 Å². The van der Waals surface area contributed by atoms with Crippen LogP contribution in [-0.4, -0.2) is 41.0 Å². The lowest BCUT2D eigenvalue weighted by Crippen LogP contribution is -2.45. The van der Waals surface area contributed by atoms with Crippen LogP contribution in [0, 0.1) is 0 Å². The molecule has 2 aromatic carbocycles. The second-order valence-corrected chi connectivity index (χ2v) is 6.94. The number of benzene rings is 2. The summed E-state index contributed by atoms with van der Waals surface area (Å²) in [4.78, 5) is 9.42. The molecule has 0 spiro atoms. The van der Waals surface area contributed by atoms with E-state index in [0.29, 0.717) is 0 Å². The molecule has 1 fully saturated rings. The molecule has 2 heterocycles. The molecule has 4 heteroatoms.